The summed E-state index contributed by atoms with van der Waals surface area (Å²) >= 11 is 5.43. The van der Waals surface area contributed by atoms with Gasteiger partial charge in [0.2, 0.25) is 0 Å². The minimum atomic E-state index is 0.309. The lowest BCUT2D eigenvalue weighted by molar-refractivity contribution is 0.414. The van der Waals surface area contributed by atoms with Gasteiger partial charge in [-0.1, -0.05) is 29.8 Å². The van der Waals surface area contributed by atoms with E-state index in [9.17, 15) is 0 Å². The zero-order valence-electron chi connectivity index (χ0n) is 9.03. The molecule has 15 heavy (non-hydrogen) atoms. The molecular weight excluding hydrogens is 210 g/mol. The van der Waals surface area contributed by atoms with Crippen molar-refractivity contribution in [3.63, 3.8) is 0 Å². The zero-order valence-corrected chi connectivity index (χ0v) is 9.79. The van der Waals surface area contributed by atoms with E-state index in [-0.39, 0.29) is 0 Å². The third kappa shape index (κ3) is 3.94. The van der Waals surface area contributed by atoms with Crippen LogP contribution in [0.4, 0.5) is 0 Å². The van der Waals surface area contributed by atoms with Crippen molar-refractivity contribution in [3.05, 3.63) is 41.4 Å². The lowest BCUT2D eigenvalue weighted by Crippen LogP contribution is -2.18. The molecule has 1 atom stereocenters. The van der Waals surface area contributed by atoms with E-state index in [2.05, 4.69) is 24.4 Å². The Labute approximate surface area is 95.9 Å². The van der Waals surface area contributed by atoms with Crippen LogP contribution in [0.15, 0.2) is 35.9 Å². The Morgan fingerprint density at radius 1 is 1.40 bits per heavy atom. The van der Waals surface area contributed by atoms with Crippen LogP contribution in [0.25, 0.3) is 0 Å². The lowest BCUT2D eigenvalue weighted by Gasteiger charge is -2.13. The maximum absolute atomic E-state index is 5.43. The number of hydrogen-bond donors (Lipinski definition) is 1. The van der Waals surface area contributed by atoms with Crippen molar-refractivity contribution in [2.75, 3.05) is 13.7 Å². The summed E-state index contributed by atoms with van der Waals surface area (Å²) in [7, 11) is 1.67. The van der Waals surface area contributed by atoms with Gasteiger partial charge in [0.1, 0.15) is 5.75 Å². The molecule has 0 aromatic heterocycles. The number of hydrogen-bond acceptors (Lipinski definition) is 2. The van der Waals surface area contributed by atoms with Crippen molar-refractivity contribution >= 4 is 11.6 Å². The molecule has 1 N–H and O–H groups in total. The maximum atomic E-state index is 5.43. The van der Waals surface area contributed by atoms with Gasteiger partial charge in [0.05, 0.1) is 7.11 Å². The van der Waals surface area contributed by atoms with Gasteiger partial charge in [0.25, 0.3) is 0 Å². The van der Waals surface area contributed by atoms with Gasteiger partial charge in [0, 0.05) is 18.1 Å². The van der Waals surface area contributed by atoms with E-state index in [1.165, 1.54) is 11.1 Å². The zero-order chi connectivity index (χ0) is 11.1. The largest absolute Gasteiger partial charge is 0.497 e. The average molecular weight is 226 g/mol. The Hall–Kier alpha value is -0.990. The predicted octanol–water partition coefficient (Wildman–Crippen LogP) is 3.10. The van der Waals surface area contributed by atoms with Crippen LogP contribution in [0.1, 0.15) is 18.5 Å². The Morgan fingerprint density at radius 3 is 2.60 bits per heavy atom. The second-order valence-corrected chi connectivity index (χ2v) is 3.52. The van der Waals surface area contributed by atoms with E-state index in [1.807, 2.05) is 18.2 Å². The molecule has 0 aliphatic rings. The first-order chi connectivity index (χ1) is 7.27. The van der Waals surface area contributed by atoms with Crippen molar-refractivity contribution in [1.82, 2.24) is 5.32 Å². The van der Waals surface area contributed by atoms with Crippen LogP contribution >= 0.6 is 11.6 Å². The van der Waals surface area contributed by atoms with Crippen molar-refractivity contribution in [3.8, 4) is 5.75 Å². The first kappa shape index (κ1) is 12.1. The summed E-state index contributed by atoms with van der Waals surface area (Å²) in [4.78, 5) is 0. The molecule has 1 aromatic rings. The van der Waals surface area contributed by atoms with E-state index < -0.39 is 0 Å². The van der Waals surface area contributed by atoms with Crippen LogP contribution in [0, 0.1) is 0 Å². The summed E-state index contributed by atoms with van der Waals surface area (Å²) < 4.78 is 5.10. The first-order valence-corrected chi connectivity index (χ1v) is 5.34. The number of rotatable bonds is 5. The van der Waals surface area contributed by atoms with Gasteiger partial charge in [-0.3, -0.25) is 0 Å². The molecule has 0 bridgehead atoms. The number of ether oxygens (including phenoxy) is 1. The molecule has 1 rings (SSSR count). The molecule has 0 saturated heterocycles. The molecule has 0 amide bonds. The minimum Gasteiger partial charge on any atom is -0.497 e. The van der Waals surface area contributed by atoms with Gasteiger partial charge in [-0.25, -0.2) is 0 Å². The number of nitrogens with one attached hydrogen (secondary N) is 1. The summed E-state index contributed by atoms with van der Waals surface area (Å²) in [5, 5.41) is 3.33. The van der Waals surface area contributed by atoms with Gasteiger partial charge in [0.15, 0.2) is 0 Å². The molecule has 0 aliphatic heterocycles. The molecule has 1 unspecified atom stereocenters. The lowest BCUT2D eigenvalue weighted by atomic mass is 10.1. The fourth-order valence-corrected chi connectivity index (χ4v) is 1.39. The van der Waals surface area contributed by atoms with Crippen LogP contribution in [0.5, 0.6) is 5.75 Å². The number of methoxy groups -OCH3 is 1. The van der Waals surface area contributed by atoms with E-state index in [0.717, 1.165) is 12.3 Å². The molecule has 82 valence electrons. The monoisotopic (exact) mass is 225 g/mol. The Morgan fingerprint density at radius 2 is 2.07 bits per heavy atom. The van der Waals surface area contributed by atoms with Crippen LogP contribution in [-0.2, 0) is 0 Å². The standard InChI is InChI=1S/C12H16ClNO/c1-10(14-9-3-8-13)11-4-6-12(15-2)7-5-11/h3-8,10,14H,9H2,1-2H3/b8-3+. The highest BCUT2D eigenvalue weighted by atomic mass is 35.5. The smallest absolute Gasteiger partial charge is 0.118 e. The summed E-state index contributed by atoms with van der Waals surface area (Å²) in [6, 6.07) is 8.35. The fourth-order valence-electron chi connectivity index (χ4n) is 1.30. The average Bonchev–Trinajstić information content (AvgIpc) is 2.29. The first-order valence-electron chi connectivity index (χ1n) is 4.90. The van der Waals surface area contributed by atoms with Gasteiger partial charge in [-0.05, 0) is 24.6 Å². The number of halogens is 1. The number of benzene rings is 1. The van der Waals surface area contributed by atoms with Crippen molar-refractivity contribution in [2.24, 2.45) is 0 Å². The quantitative estimate of drug-likeness (QED) is 0.832. The van der Waals surface area contributed by atoms with Gasteiger partial charge in [-0.2, -0.15) is 0 Å². The SMILES string of the molecule is COc1ccc(C(C)NC/C=C/Cl)cc1. The van der Waals surface area contributed by atoms with Gasteiger partial charge in [-0.15, -0.1) is 0 Å². The highest BCUT2D eigenvalue weighted by Gasteiger charge is 2.02. The van der Waals surface area contributed by atoms with Crippen molar-refractivity contribution < 1.29 is 4.74 Å². The Bertz CT molecular complexity index is 308. The van der Waals surface area contributed by atoms with E-state index in [0.29, 0.717) is 6.04 Å². The molecule has 0 saturated carbocycles. The van der Waals surface area contributed by atoms with E-state index in [1.54, 1.807) is 7.11 Å². The van der Waals surface area contributed by atoms with E-state index >= 15 is 0 Å². The van der Waals surface area contributed by atoms with Crippen molar-refractivity contribution in [1.29, 1.82) is 0 Å². The maximum Gasteiger partial charge on any atom is 0.118 e. The summed E-state index contributed by atoms with van der Waals surface area (Å²) in [6.45, 7) is 2.89. The molecule has 0 radical (unpaired) electrons. The molecule has 0 aliphatic carbocycles. The Kier molecular flexibility index (Phi) is 5.22. The van der Waals surface area contributed by atoms with Crippen LogP contribution in [-0.4, -0.2) is 13.7 Å². The minimum absolute atomic E-state index is 0.309. The van der Waals surface area contributed by atoms with Gasteiger partial charge >= 0.3 is 0 Å². The highest BCUT2D eigenvalue weighted by molar-refractivity contribution is 6.25. The fraction of sp³-hybridized carbons (Fsp3) is 0.333. The van der Waals surface area contributed by atoms with E-state index in [4.69, 9.17) is 16.3 Å². The predicted molar refractivity (Wildman–Crippen MR) is 64.4 cm³/mol. The summed E-state index contributed by atoms with van der Waals surface area (Å²) in [6.07, 6.45) is 1.88. The van der Waals surface area contributed by atoms with Crippen LogP contribution < -0.4 is 10.1 Å². The summed E-state index contributed by atoms with van der Waals surface area (Å²) in [5.74, 6) is 0.881. The third-order valence-electron chi connectivity index (χ3n) is 2.25. The van der Waals surface area contributed by atoms with Crippen molar-refractivity contribution in [2.45, 2.75) is 13.0 Å². The molecule has 0 fully saturated rings. The molecular formula is C12H16ClNO. The topological polar surface area (TPSA) is 21.3 Å². The highest BCUT2D eigenvalue weighted by Crippen LogP contribution is 2.16. The molecule has 0 heterocycles. The normalized spacial score (nSPS) is 13.0. The second-order valence-electron chi connectivity index (χ2n) is 3.26. The summed E-state index contributed by atoms with van der Waals surface area (Å²) in [5.41, 5.74) is 2.76. The third-order valence-corrected chi connectivity index (χ3v) is 2.42. The molecule has 3 heteroatoms. The second kappa shape index (κ2) is 6.49. The molecule has 0 spiro atoms. The molecule has 1 aromatic carbocycles. The van der Waals surface area contributed by atoms with Crippen LogP contribution in [0.2, 0.25) is 0 Å². The van der Waals surface area contributed by atoms with Crippen LogP contribution in [0.3, 0.4) is 0 Å². The molecule has 2 nitrogen and oxygen atoms in total. The van der Waals surface area contributed by atoms with Gasteiger partial charge < -0.3 is 10.1 Å². The Balaban J connectivity index is 2.53.